The Balaban J connectivity index is 0.000000314. The van der Waals surface area contributed by atoms with Crippen LogP contribution in [0.5, 0.6) is 0 Å². The molecule has 5 fully saturated rings. The maximum atomic E-state index is 2.55. The fourth-order valence-electron chi connectivity index (χ4n) is 7.99. The second-order valence-electron chi connectivity index (χ2n) is 14.2. The molecule has 5 aliphatic rings. The molecule has 0 radical (unpaired) electrons. The second-order valence-corrected chi connectivity index (χ2v) is 14.2. The highest BCUT2D eigenvalue weighted by Crippen LogP contribution is 2.41. The van der Waals surface area contributed by atoms with E-state index >= 15 is 0 Å². The molecular formula is C39H78. The largest absolute Gasteiger partial charge is 0.0683 e. The van der Waals surface area contributed by atoms with Gasteiger partial charge >= 0.3 is 0 Å². The highest BCUT2D eigenvalue weighted by molar-refractivity contribution is 4.80. The summed E-state index contributed by atoms with van der Waals surface area (Å²) in [6.07, 6.45) is 37.9. The van der Waals surface area contributed by atoms with Gasteiger partial charge in [0.1, 0.15) is 0 Å². The average molecular weight is 547 g/mol. The van der Waals surface area contributed by atoms with Crippen LogP contribution in [0.25, 0.3) is 0 Å². The molecule has 0 heterocycles. The summed E-state index contributed by atoms with van der Waals surface area (Å²) in [5.74, 6) is 7.42. The van der Waals surface area contributed by atoms with Crippen LogP contribution < -0.4 is 0 Å². The van der Waals surface area contributed by atoms with E-state index in [0.717, 1.165) is 41.4 Å². The van der Waals surface area contributed by atoms with E-state index in [1.54, 1.807) is 44.9 Å². The van der Waals surface area contributed by atoms with E-state index in [4.69, 9.17) is 0 Å². The fraction of sp³-hybridized carbons (Fsp3) is 1.00. The lowest BCUT2D eigenvalue weighted by atomic mass is 9.69. The topological polar surface area (TPSA) is 0 Å². The lowest BCUT2D eigenvalue weighted by molar-refractivity contribution is 0.153. The summed E-state index contributed by atoms with van der Waals surface area (Å²) in [4.78, 5) is 0. The van der Waals surface area contributed by atoms with Crippen molar-refractivity contribution in [2.24, 2.45) is 41.4 Å². The van der Waals surface area contributed by atoms with Crippen LogP contribution in [-0.2, 0) is 0 Å². The molecular weight excluding hydrogens is 468 g/mol. The first-order valence-electron chi connectivity index (χ1n) is 19.1. The smallest absolute Gasteiger partial charge is 0.0360 e. The molecule has 5 saturated carbocycles. The van der Waals surface area contributed by atoms with Crippen LogP contribution >= 0.6 is 0 Å². The molecule has 0 aliphatic heterocycles. The van der Waals surface area contributed by atoms with Crippen molar-refractivity contribution >= 4 is 0 Å². The molecule has 0 N–H and O–H groups in total. The Kier molecular flexibility index (Phi) is 23.3. The van der Waals surface area contributed by atoms with Crippen LogP contribution in [0.15, 0.2) is 0 Å². The van der Waals surface area contributed by atoms with E-state index in [2.05, 4.69) is 20.8 Å². The first-order chi connectivity index (χ1) is 19.1. The second kappa shape index (κ2) is 24.6. The van der Waals surface area contributed by atoms with E-state index < -0.39 is 0 Å². The van der Waals surface area contributed by atoms with E-state index in [1.807, 2.05) is 27.7 Å². The molecule has 39 heavy (non-hydrogen) atoms. The molecule has 0 nitrogen and oxygen atoms in total. The zero-order chi connectivity index (χ0) is 28.7. The van der Waals surface area contributed by atoms with E-state index in [9.17, 15) is 0 Å². The van der Waals surface area contributed by atoms with E-state index in [1.165, 1.54) is 116 Å². The van der Waals surface area contributed by atoms with E-state index in [-0.39, 0.29) is 0 Å². The Hall–Kier alpha value is 0. The van der Waals surface area contributed by atoms with E-state index in [0.29, 0.717) is 0 Å². The van der Waals surface area contributed by atoms with Gasteiger partial charge < -0.3 is 0 Å². The van der Waals surface area contributed by atoms with Gasteiger partial charge in [0.15, 0.2) is 0 Å². The molecule has 234 valence electrons. The minimum absolute atomic E-state index is 1.00. The summed E-state index contributed by atoms with van der Waals surface area (Å²) < 4.78 is 0. The predicted octanol–water partition coefficient (Wildman–Crippen LogP) is 14.2. The molecule has 5 aliphatic carbocycles. The third kappa shape index (κ3) is 16.3. The van der Waals surface area contributed by atoms with Gasteiger partial charge in [-0.05, 0) is 54.3 Å². The van der Waals surface area contributed by atoms with Gasteiger partial charge in [0, 0.05) is 0 Å². The first-order valence-corrected chi connectivity index (χ1v) is 19.1. The quantitative estimate of drug-likeness (QED) is 0.323. The van der Waals surface area contributed by atoms with Gasteiger partial charge in [0.2, 0.25) is 0 Å². The molecule has 0 aromatic rings. The summed E-state index contributed by atoms with van der Waals surface area (Å²) in [6.45, 7) is 15.5. The monoisotopic (exact) mass is 547 g/mol. The van der Waals surface area contributed by atoms with Gasteiger partial charge in [-0.15, -0.1) is 0 Å². The van der Waals surface area contributed by atoms with Crippen molar-refractivity contribution in [3.8, 4) is 0 Å². The zero-order valence-corrected chi connectivity index (χ0v) is 28.7. The third-order valence-electron chi connectivity index (χ3n) is 11.1. The van der Waals surface area contributed by atoms with Crippen LogP contribution in [0.3, 0.4) is 0 Å². The molecule has 0 spiro atoms. The van der Waals surface area contributed by atoms with Crippen LogP contribution in [0.4, 0.5) is 0 Å². The first kappa shape index (κ1) is 37.0. The van der Waals surface area contributed by atoms with Gasteiger partial charge in [-0.2, -0.15) is 0 Å². The van der Waals surface area contributed by atoms with Crippen LogP contribution in [0.2, 0.25) is 0 Å². The Labute approximate surface area is 250 Å². The molecule has 0 aromatic carbocycles. The fourth-order valence-corrected chi connectivity index (χ4v) is 7.99. The summed E-state index contributed by atoms with van der Waals surface area (Å²) >= 11 is 0. The minimum atomic E-state index is 1.00. The van der Waals surface area contributed by atoms with Crippen LogP contribution in [-0.4, -0.2) is 0 Å². The van der Waals surface area contributed by atoms with Gasteiger partial charge in [-0.3, -0.25) is 0 Å². The minimum Gasteiger partial charge on any atom is -0.0683 e. The van der Waals surface area contributed by atoms with Gasteiger partial charge in [-0.25, -0.2) is 0 Å². The SMILES string of the molecule is C1CCC1.CC.CC.CC1CCCC(C2CCCCCC[C@H]2C)CCC1.CC1CCCCCC(C2CCC2)C1. The van der Waals surface area contributed by atoms with Crippen molar-refractivity contribution in [1.29, 1.82) is 0 Å². The highest BCUT2D eigenvalue weighted by Gasteiger charge is 2.29. The van der Waals surface area contributed by atoms with Crippen LogP contribution in [0, 0.1) is 41.4 Å². The summed E-state index contributed by atoms with van der Waals surface area (Å²) in [7, 11) is 0. The van der Waals surface area contributed by atoms with Gasteiger partial charge in [0.05, 0.1) is 0 Å². The highest BCUT2D eigenvalue weighted by atomic mass is 14.3. The summed E-state index contributed by atoms with van der Waals surface area (Å²) in [5.41, 5.74) is 0. The Morgan fingerprint density at radius 3 is 1.23 bits per heavy atom. The van der Waals surface area contributed by atoms with Crippen molar-refractivity contribution in [1.82, 2.24) is 0 Å². The summed E-state index contributed by atoms with van der Waals surface area (Å²) in [6, 6.07) is 0. The van der Waals surface area contributed by atoms with Crippen molar-refractivity contribution in [3.63, 3.8) is 0 Å². The van der Waals surface area contributed by atoms with Crippen molar-refractivity contribution in [3.05, 3.63) is 0 Å². The van der Waals surface area contributed by atoms with Gasteiger partial charge in [-0.1, -0.05) is 196 Å². The molecule has 3 unspecified atom stereocenters. The molecule has 4 atom stereocenters. The van der Waals surface area contributed by atoms with Gasteiger partial charge in [0.25, 0.3) is 0 Å². The Bertz CT molecular complexity index is 486. The molecule has 0 saturated heterocycles. The summed E-state index contributed by atoms with van der Waals surface area (Å²) in [5, 5.41) is 0. The van der Waals surface area contributed by atoms with Crippen molar-refractivity contribution < 1.29 is 0 Å². The standard InChI is InChI=1S/C18H34.C13H24.C4H8.2C2H6/c1-15-9-7-12-17(13-8-10-15)18-14-6-4-3-5-11-16(18)2;1-11-6-3-2-4-7-13(10-11)12-8-5-9-12;1-2-4-3-1;2*1-2/h15-18H,3-14H2,1-2H3;11-13H,2-10H2,1H3;1-4H2;2*1-2H3/t15?,16-,17?,18?;;;;/m1..../s1. The maximum Gasteiger partial charge on any atom is -0.0360 e. The lowest BCUT2D eigenvalue weighted by Crippen LogP contribution is -2.24. The molecule has 0 aromatic heterocycles. The molecule has 0 amide bonds. The predicted molar refractivity (Wildman–Crippen MR) is 180 cm³/mol. The molecule has 0 heteroatoms. The molecule has 0 bridgehead atoms. The van der Waals surface area contributed by atoms with Crippen LogP contribution in [0.1, 0.15) is 209 Å². The lowest BCUT2D eigenvalue weighted by Gasteiger charge is -2.36. The molecule has 5 rings (SSSR count). The van der Waals surface area contributed by atoms with Crippen molar-refractivity contribution in [2.45, 2.75) is 209 Å². The number of hydrogen-bond acceptors (Lipinski definition) is 0. The zero-order valence-electron chi connectivity index (χ0n) is 28.7. The maximum absolute atomic E-state index is 2.55. The number of hydrogen-bond donors (Lipinski definition) is 0. The number of rotatable bonds is 2. The average Bonchev–Trinajstić information content (AvgIpc) is 2.83. The van der Waals surface area contributed by atoms with Crippen molar-refractivity contribution in [2.75, 3.05) is 0 Å². The third-order valence-corrected chi connectivity index (χ3v) is 11.1. The Morgan fingerprint density at radius 2 is 0.692 bits per heavy atom. The Morgan fingerprint density at radius 1 is 0.308 bits per heavy atom. The normalized spacial score (nSPS) is 33.9.